The maximum Gasteiger partial charge on any atom is 0.170 e. The molecule has 0 heterocycles. The highest BCUT2D eigenvalue weighted by Gasteiger charge is 2.02. The lowest BCUT2D eigenvalue weighted by molar-refractivity contribution is 0.318. The molecule has 0 radical (unpaired) electrons. The van der Waals surface area contributed by atoms with Crippen molar-refractivity contribution in [2.24, 2.45) is 10.9 Å². The van der Waals surface area contributed by atoms with Gasteiger partial charge in [0.2, 0.25) is 0 Å². The maximum atomic E-state index is 12.7. The van der Waals surface area contributed by atoms with E-state index in [1.807, 2.05) is 0 Å². The number of amidine groups is 1. The minimum atomic E-state index is -0.439. The molecule has 0 bridgehead atoms. The van der Waals surface area contributed by atoms with E-state index in [-0.39, 0.29) is 5.84 Å². The molecule has 1 rings (SSSR count). The average Bonchev–Trinajstić information content (AvgIpc) is 2.01. The van der Waals surface area contributed by atoms with Crippen LogP contribution in [0.4, 0.5) is 4.39 Å². The number of rotatable bonds is 1. The molecule has 0 saturated heterocycles. The molecule has 12 heavy (non-hydrogen) atoms. The molecule has 0 saturated carbocycles. The molecule has 0 aliphatic rings. The highest BCUT2D eigenvalue weighted by atomic mass is 79.9. The number of hydrogen-bond acceptors (Lipinski definition) is 2. The summed E-state index contributed by atoms with van der Waals surface area (Å²) in [4.78, 5) is 0. The first-order valence-corrected chi connectivity index (χ1v) is 3.87. The van der Waals surface area contributed by atoms with Gasteiger partial charge in [0.1, 0.15) is 5.82 Å². The Hall–Kier alpha value is -1.10. The van der Waals surface area contributed by atoms with Crippen molar-refractivity contribution in [3.05, 3.63) is 34.1 Å². The third kappa shape index (κ3) is 1.94. The second-order valence-corrected chi connectivity index (χ2v) is 3.06. The molecule has 3 nitrogen and oxygen atoms in total. The molecule has 1 aromatic carbocycles. The summed E-state index contributed by atoms with van der Waals surface area (Å²) in [5.74, 6) is -0.554. The number of nitrogens with zero attached hydrogens (tertiary/aromatic N) is 1. The molecule has 0 aliphatic heterocycles. The van der Waals surface area contributed by atoms with Crippen molar-refractivity contribution in [2.45, 2.75) is 0 Å². The average molecular weight is 233 g/mol. The van der Waals surface area contributed by atoms with Crippen molar-refractivity contribution in [3.63, 3.8) is 0 Å². The normalized spacial score (nSPS) is 11.7. The van der Waals surface area contributed by atoms with E-state index in [0.717, 1.165) is 0 Å². The van der Waals surface area contributed by atoms with E-state index in [1.54, 1.807) is 6.07 Å². The number of benzene rings is 1. The predicted octanol–water partition coefficient (Wildman–Crippen LogP) is 1.68. The number of hydrogen-bond donors (Lipinski definition) is 2. The summed E-state index contributed by atoms with van der Waals surface area (Å²) in [5.41, 5.74) is 5.58. The SMILES string of the molecule is N/C(=N\O)c1cc(F)cc(Br)c1. The fourth-order valence-electron chi connectivity index (χ4n) is 0.759. The fraction of sp³-hybridized carbons (Fsp3) is 0. The molecule has 1 aromatic rings. The van der Waals surface area contributed by atoms with E-state index < -0.39 is 5.82 Å². The van der Waals surface area contributed by atoms with Gasteiger partial charge in [-0.3, -0.25) is 0 Å². The van der Waals surface area contributed by atoms with Gasteiger partial charge in [-0.2, -0.15) is 0 Å². The lowest BCUT2D eigenvalue weighted by Gasteiger charge is -1.99. The van der Waals surface area contributed by atoms with Crippen molar-refractivity contribution in [1.82, 2.24) is 0 Å². The Bertz CT molecular complexity index is 307. The van der Waals surface area contributed by atoms with Crippen LogP contribution in [0.2, 0.25) is 0 Å². The Balaban J connectivity index is 3.17. The van der Waals surface area contributed by atoms with Gasteiger partial charge >= 0.3 is 0 Å². The van der Waals surface area contributed by atoms with Crippen molar-refractivity contribution in [2.75, 3.05) is 0 Å². The third-order valence-electron chi connectivity index (χ3n) is 1.27. The van der Waals surface area contributed by atoms with Gasteiger partial charge in [-0.1, -0.05) is 21.1 Å². The van der Waals surface area contributed by atoms with Crippen LogP contribution in [0.5, 0.6) is 0 Å². The monoisotopic (exact) mass is 232 g/mol. The second-order valence-electron chi connectivity index (χ2n) is 2.14. The standard InChI is InChI=1S/C7H6BrFN2O/c8-5-1-4(7(10)11-12)2-6(9)3-5/h1-3,12H,(H2,10,11). The summed E-state index contributed by atoms with van der Waals surface area (Å²) in [6, 6.07) is 4.02. The summed E-state index contributed by atoms with van der Waals surface area (Å²) >= 11 is 3.08. The van der Waals surface area contributed by atoms with Gasteiger partial charge in [0.15, 0.2) is 5.84 Å². The minimum Gasteiger partial charge on any atom is -0.409 e. The lowest BCUT2D eigenvalue weighted by atomic mass is 10.2. The van der Waals surface area contributed by atoms with Crippen molar-refractivity contribution < 1.29 is 9.60 Å². The van der Waals surface area contributed by atoms with Crippen molar-refractivity contribution in [1.29, 1.82) is 0 Å². The Morgan fingerprint density at radius 3 is 2.67 bits per heavy atom. The molecule has 0 amide bonds. The van der Waals surface area contributed by atoms with Crippen LogP contribution in [0.15, 0.2) is 27.8 Å². The van der Waals surface area contributed by atoms with E-state index in [4.69, 9.17) is 10.9 Å². The van der Waals surface area contributed by atoms with Gasteiger partial charge in [0.05, 0.1) is 0 Å². The van der Waals surface area contributed by atoms with Crippen LogP contribution in [0, 0.1) is 5.82 Å². The van der Waals surface area contributed by atoms with E-state index in [2.05, 4.69) is 21.1 Å². The van der Waals surface area contributed by atoms with Crippen LogP contribution >= 0.6 is 15.9 Å². The highest BCUT2D eigenvalue weighted by Crippen LogP contribution is 2.14. The Morgan fingerprint density at radius 1 is 1.50 bits per heavy atom. The van der Waals surface area contributed by atoms with Gasteiger partial charge in [0, 0.05) is 10.0 Å². The molecular weight excluding hydrogens is 227 g/mol. The first-order valence-electron chi connectivity index (χ1n) is 3.07. The molecule has 5 heteroatoms. The topological polar surface area (TPSA) is 58.6 Å². The quantitative estimate of drug-likeness (QED) is 0.335. The number of oxime groups is 1. The molecule has 0 aliphatic carbocycles. The van der Waals surface area contributed by atoms with Gasteiger partial charge in [-0.25, -0.2) is 4.39 Å². The summed E-state index contributed by atoms with van der Waals surface area (Å²) < 4.78 is 13.2. The first-order chi connectivity index (χ1) is 5.63. The summed E-state index contributed by atoms with van der Waals surface area (Å²) in [6.45, 7) is 0. The van der Waals surface area contributed by atoms with Crippen LogP contribution in [0.1, 0.15) is 5.56 Å². The molecule has 3 N–H and O–H groups in total. The number of nitrogens with two attached hydrogens (primary N) is 1. The van der Waals surface area contributed by atoms with E-state index in [1.165, 1.54) is 12.1 Å². The molecule has 0 atom stereocenters. The Labute approximate surface area is 76.8 Å². The van der Waals surface area contributed by atoms with Crippen LogP contribution < -0.4 is 5.73 Å². The molecule has 0 fully saturated rings. The van der Waals surface area contributed by atoms with Crippen molar-refractivity contribution >= 4 is 21.8 Å². The zero-order valence-electron chi connectivity index (χ0n) is 5.96. The summed E-state index contributed by atoms with van der Waals surface area (Å²) in [5, 5.41) is 11.0. The summed E-state index contributed by atoms with van der Waals surface area (Å²) in [6.07, 6.45) is 0. The molecule has 0 unspecified atom stereocenters. The fourth-order valence-corrected chi connectivity index (χ4v) is 1.22. The van der Waals surface area contributed by atoms with Crippen LogP contribution in [-0.4, -0.2) is 11.0 Å². The Kier molecular flexibility index (Phi) is 2.65. The van der Waals surface area contributed by atoms with Gasteiger partial charge in [0.25, 0.3) is 0 Å². The van der Waals surface area contributed by atoms with Gasteiger partial charge in [-0.15, -0.1) is 0 Å². The zero-order valence-corrected chi connectivity index (χ0v) is 7.55. The van der Waals surface area contributed by atoms with E-state index >= 15 is 0 Å². The van der Waals surface area contributed by atoms with Crippen molar-refractivity contribution in [3.8, 4) is 0 Å². The molecule has 64 valence electrons. The van der Waals surface area contributed by atoms with Gasteiger partial charge < -0.3 is 10.9 Å². The van der Waals surface area contributed by atoms with E-state index in [0.29, 0.717) is 10.0 Å². The largest absolute Gasteiger partial charge is 0.409 e. The summed E-state index contributed by atoms with van der Waals surface area (Å²) in [7, 11) is 0. The van der Waals surface area contributed by atoms with Gasteiger partial charge in [-0.05, 0) is 18.2 Å². The highest BCUT2D eigenvalue weighted by molar-refractivity contribution is 9.10. The van der Waals surface area contributed by atoms with Crippen LogP contribution in [0.3, 0.4) is 0 Å². The third-order valence-corrected chi connectivity index (χ3v) is 1.72. The molecule has 0 spiro atoms. The number of halogens is 2. The lowest BCUT2D eigenvalue weighted by Crippen LogP contribution is -2.13. The maximum absolute atomic E-state index is 12.7. The first kappa shape index (κ1) is 8.99. The smallest absolute Gasteiger partial charge is 0.170 e. The van der Waals surface area contributed by atoms with E-state index in [9.17, 15) is 4.39 Å². The predicted molar refractivity (Wildman–Crippen MR) is 46.6 cm³/mol. The Morgan fingerprint density at radius 2 is 2.17 bits per heavy atom. The molecule has 0 aromatic heterocycles. The zero-order chi connectivity index (χ0) is 9.14. The van der Waals surface area contributed by atoms with Crippen LogP contribution in [0.25, 0.3) is 0 Å². The minimum absolute atomic E-state index is 0.116. The second kappa shape index (κ2) is 3.53. The molecular formula is C7H6BrFN2O. The van der Waals surface area contributed by atoms with Crippen LogP contribution in [-0.2, 0) is 0 Å².